The van der Waals surface area contributed by atoms with E-state index in [1.54, 1.807) is 49.3 Å². The Labute approximate surface area is 163 Å². The van der Waals surface area contributed by atoms with Crippen LogP contribution in [0.3, 0.4) is 0 Å². The molecule has 0 spiro atoms. The summed E-state index contributed by atoms with van der Waals surface area (Å²) in [5.41, 5.74) is 1.11. The number of rotatable bonds is 6. The van der Waals surface area contributed by atoms with Crippen molar-refractivity contribution in [1.82, 2.24) is 0 Å². The lowest BCUT2D eigenvalue weighted by Crippen LogP contribution is -2.27. The standard InChI is InChI=1S/C21H20N2O5/c1-3-27-19-10-14(12-22)4-9-18(19)28-21(25)15-11-20(24)23(13-15)16-5-7-17(26-2)8-6-16/h4-10,15H,3,11,13H2,1-2H3. The Balaban J connectivity index is 1.72. The minimum Gasteiger partial charge on any atom is -0.497 e. The van der Waals surface area contributed by atoms with Crippen LogP contribution in [0.15, 0.2) is 42.5 Å². The van der Waals surface area contributed by atoms with E-state index in [9.17, 15) is 9.59 Å². The third-order valence-electron chi connectivity index (χ3n) is 4.43. The molecule has 1 amide bonds. The normalized spacial score (nSPS) is 15.8. The summed E-state index contributed by atoms with van der Waals surface area (Å²) in [6.07, 6.45) is 0.0745. The van der Waals surface area contributed by atoms with Crippen LogP contribution in [0, 0.1) is 17.2 Å². The summed E-state index contributed by atoms with van der Waals surface area (Å²) < 4.78 is 16.1. The van der Waals surface area contributed by atoms with Gasteiger partial charge in [0.1, 0.15) is 5.75 Å². The number of hydrogen-bond donors (Lipinski definition) is 0. The van der Waals surface area contributed by atoms with Gasteiger partial charge in [0.2, 0.25) is 5.91 Å². The fraction of sp³-hybridized carbons (Fsp3) is 0.286. The Morgan fingerprint density at radius 2 is 1.96 bits per heavy atom. The number of nitrogens with zero attached hydrogens (tertiary/aromatic N) is 2. The molecule has 1 aliphatic heterocycles. The van der Waals surface area contributed by atoms with Crippen molar-refractivity contribution in [2.75, 3.05) is 25.2 Å². The molecule has 7 nitrogen and oxygen atoms in total. The maximum Gasteiger partial charge on any atom is 0.316 e. The Kier molecular flexibility index (Phi) is 5.80. The van der Waals surface area contributed by atoms with Gasteiger partial charge >= 0.3 is 5.97 Å². The first-order chi connectivity index (χ1) is 13.5. The summed E-state index contributed by atoms with van der Waals surface area (Å²) in [4.78, 5) is 26.5. The van der Waals surface area contributed by atoms with Crippen molar-refractivity contribution in [3.8, 4) is 23.3 Å². The average molecular weight is 380 g/mol. The Bertz CT molecular complexity index is 917. The second-order valence-electron chi connectivity index (χ2n) is 6.23. The third kappa shape index (κ3) is 4.07. The monoisotopic (exact) mass is 380 g/mol. The van der Waals surface area contributed by atoms with Gasteiger partial charge in [0, 0.05) is 24.7 Å². The van der Waals surface area contributed by atoms with E-state index >= 15 is 0 Å². The minimum atomic E-state index is -0.584. The summed E-state index contributed by atoms with van der Waals surface area (Å²) in [7, 11) is 1.57. The number of nitriles is 1. The van der Waals surface area contributed by atoms with E-state index in [-0.39, 0.29) is 24.6 Å². The van der Waals surface area contributed by atoms with E-state index in [0.717, 1.165) is 0 Å². The molecule has 1 heterocycles. The van der Waals surface area contributed by atoms with Crippen LogP contribution < -0.4 is 19.1 Å². The molecule has 0 aliphatic carbocycles. The molecule has 0 bridgehead atoms. The molecule has 0 radical (unpaired) electrons. The topological polar surface area (TPSA) is 88.9 Å². The van der Waals surface area contributed by atoms with Gasteiger partial charge in [-0.05, 0) is 43.3 Å². The second kappa shape index (κ2) is 8.44. The molecular formula is C21H20N2O5. The van der Waals surface area contributed by atoms with Gasteiger partial charge in [-0.1, -0.05) is 0 Å². The van der Waals surface area contributed by atoms with Crippen molar-refractivity contribution < 1.29 is 23.8 Å². The summed E-state index contributed by atoms with van der Waals surface area (Å²) in [6, 6.07) is 13.7. The highest BCUT2D eigenvalue weighted by Gasteiger charge is 2.36. The number of hydrogen-bond acceptors (Lipinski definition) is 6. The van der Waals surface area contributed by atoms with Crippen LogP contribution in [0.25, 0.3) is 0 Å². The maximum absolute atomic E-state index is 12.6. The molecule has 0 saturated carbocycles. The molecule has 144 valence electrons. The van der Waals surface area contributed by atoms with Gasteiger partial charge in [-0.2, -0.15) is 5.26 Å². The second-order valence-corrected chi connectivity index (χ2v) is 6.23. The molecule has 2 aromatic carbocycles. The first kappa shape index (κ1) is 19.2. The zero-order valence-corrected chi connectivity index (χ0v) is 15.7. The maximum atomic E-state index is 12.6. The van der Waals surface area contributed by atoms with Crippen LogP contribution in [-0.2, 0) is 9.59 Å². The van der Waals surface area contributed by atoms with Gasteiger partial charge < -0.3 is 19.1 Å². The minimum absolute atomic E-state index is 0.0745. The quantitative estimate of drug-likeness (QED) is 0.565. The van der Waals surface area contributed by atoms with Gasteiger partial charge in [-0.15, -0.1) is 0 Å². The van der Waals surface area contributed by atoms with Crippen LogP contribution in [0.1, 0.15) is 18.9 Å². The van der Waals surface area contributed by atoms with Crippen molar-refractivity contribution >= 4 is 17.6 Å². The number of anilines is 1. The van der Waals surface area contributed by atoms with E-state index < -0.39 is 11.9 Å². The first-order valence-corrected chi connectivity index (χ1v) is 8.88. The predicted molar refractivity (Wildman–Crippen MR) is 101 cm³/mol. The van der Waals surface area contributed by atoms with Crippen LogP contribution in [0.2, 0.25) is 0 Å². The van der Waals surface area contributed by atoms with Crippen molar-refractivity contribution in [2.24, 2.45) is 5.92 Å². The fourth-order valence-electron chi connectivity index (χ4n) is 3.00. The van der Waals surface area contributed by atoms with Gasteiger partial charge in [0.25, 0.3) is 0 Å². The summed E-state index contributed by atoms with van der Waals surface area (Å²) >= 11 is 0. The molecule has 1 aliphatic rings. The van der Waals surface area contributed by atoms with E-state index in [0.29, 0.717) is 29.4 Å². The Morgan fingerprint density at radius 1 is 1.21 bits per heavy atom. The average Bonchev–Trinajstić information content (AvgIpc) is 3.11. The highest BCUT2D eigenvalue weighted by atomic mass is 16.6. The smallest absolute Gasteiger partial charge is 0.316 e. The van der Waals surface area contributed by atoms with Crippen molar-refractivity contribution in [3.63, 3.8) is 0 Å². The summed E-state index contributed by atoms with van der Waals surface area (Å²) in [6.45, 7) is 2.41. The SMILES string of the molecule is CCOc1cc(C#N)ccc1OC(=O)C1CC(=O)N(c2ccc(OC)cc2)C1. The van der Waals surface area contributed by atoms with Gasteiger partial charge in [0.15, 0.2) is 11.5 Å². The van der Waals surface area contributed by atoms with Crippen molar-refractivity contribution in [2.45, 2.75) is 13.3 Å². The Morgan fingerprint density at radius 3 is 2.61 bits per heavy atom. The van der Waals surface area contributed by atoms with E-state index in [1.807, 2.05) is 6.07 Å². The zero-order chi connectivity index (χ0) is 20.1. The van der Waals surface area contributed by atoms with Crippen molar-refractivity contribution in [3.05, 3.63) is 48.0 Å². The molecule has 1 atom stereocenters. The lowest BCUT2D eigenvalue weighted by Gasteiger charge is -2.17. The molecule has 7 heteroatoms. The number of esters is 1. The van der Waals surface area contributed by atoms with Crippen LogP contribution in [-0.4, -0.2) is 32.1 Å². The number of amides is 1. The molecule has 1 fully saturated rings. The Hall–Kier alpha value is -3.53. The van der Waals surface area contributed by atoms with Gasteiger partial charge in [-0.3, -0.25) is 9.59 Å². The highest BCUT2D eigenvalue weighted by molar-refractivity contribution is 5.99. The molecule has 0 aromatic heterocycles. The first-order valence-electron chi connectivity index (χ1n) is 8.88. The number of carbonyl (C=O) groups is 2. The van der Waals surface area contributed by atoms with Crippen molar-refractivity contribution in [1.29, 1.82) is 5.26 Å². The molecule has 1 unspecified atom stereocenters. The summed E-state index contributed by atoms with van der Waals surface area (Å²) in [5, 5.41) is 9.01. The molecular weight excluding hydrogens is 360 g/mol. The molecule has 2 aromatic rings. The molecule has 28 heavy (non-hydrogen) atoms. The van der Waals surface area contributed by atoms with E-state index in [2.05, 4.69) is 0 Å². The van der Waals surface area contributed by atoms with E-state index in [1.165, 1.54) is 12.1 Å². The van der Waals surface area contributed by atoms with Crippen LogP contribution in [0.4, 0.5) is 5.69 Å². The lowest BCUT2D eigenvalue weighted by molar-refractivity contribution is -0.139. The fourth-order valence-corrected chi connectivity index (χ4v) is 3.00. The largest absolute Gasteiger partial charge is 0.497 e. The summed E-state index contributed by atoms with van der Waals surface area (Å²) in [5.74, 6) is 0.0229. The van der Waals surface area contributed by atoms with Gasteiger partial charge in [-0.25, -0.2) is 0 Å². The van der Waals surface area contributed by atoms with Crippen LogP contribution in [0.5, 0.6) is 17.2 Å². The number of benzene rings is 2. The van der Waals surface area contributed by atoms with E-state index in [4.69, 9.17) is 19.5 Å². The zero-order valence-electron chi connectivity index (χ0n) is 15.7. The molecule has 0 N–H and O–H groups in total. The number of methoxy groups -OCH3 is 1. The predicted octanol–water partition coefficient (Wildman–Crippen LogP) is 2.92. The lowest BCUT2D eigenvalue weighted by atomic mass is 10.1. The number of ether oxygens (including phenoxy) is 3. The highest BCUT2D eigenvalue weighted by Crippen LogP contribution is 2.31. The number of carbonyl (C=O) groups excluding carboxylic acids is 2. The third-order valence-corrected chi connectivity index (χ3v) is 4.43. The van der Waals surface area contributed by atoms with Gasteiger partial charge in [0.05, 0.1) is 31.3 Å². The molecule has 3 rings (SSSR count). The van der Waals surface area contributed by atoms with Crippen LogP contribution >= 0.6 is 0 Å². The molecule has 1 saturated heterocycles.